The number of nitrogens with two attached hydrogens (primary N) is 1. The van der Waals surface area contributed by atoms with Crippen LogP contribution in [0.25, 0.3) is 0 Å². The van der Waals surface area contributed by atoms with Crippen molar-refractivity contribution in [3.8, 4) is 11.8 Å². The van der Waals surface area contributed by atoms with Gasteiger partial charge in [0, 0.05) is 41.0 Å². The van der Waals surface area contributed by atoms with Crippen LogP contribution in [-0.2, 0) is 0 Å². The van der Waals surface area contributed by atoms with Crippen LogP contribution in [-0.4, -0.2) is 17.8 Å². The van der Waals surface area contributed by atoms with Crippen LogP contribution in [0.5, 0.6) is 5.75 Å². The highest BCUT2D eigenvalue weighted by atomic mass is 16.5. The lowest BCUT2D eigenvalue weighted by Gasteiger charge is -2.13. The molecule has 3 rings (SSSR count). The topological polar surface area (TPSA) is 108 Å². The molecule has 0 aliphatic rings. The number of anilines is 3. The van der Waals surface area contributed by atoms with Crippen LogP contribution in [0.3, 0.4) is 0 Å². The third-order valence-electron chi connectivity index (χ3n) is 3.92. The third kappa shape index (κ3) is 3.47. The van der Waals surface area contributed by atoms with E-state index in [-0.39, 0.29) is 0 Å². The summed E-state index contributed by atoms with van der Waals surface area (Å²) in [6.45, 7) is 0. The average molecular weight is 343 g/mol. The molecule has 4 N–H and O–H groups in total. The van der Waals surface area contributed by atoms with Crippen molar-refractivity contribution in [1.29, 1.82) is 10.7 Å². The standard InChI is InChI=1S/C20H17N5O/c1-26-16-4-2-14(12-21)19(11-16)25-15-3-5-18(22)17(10-15)20(23)13-6-8-24-9-7-13/h2-11,23,25H,22H2,1H3. The quantitative estimate of drug-likeness (QED) is 0.483. The van der Waals surface area contributed by atoms with Gasteiger partial charge in [0.05, 0.1) is 24.1 Å². The van der Waals surface area contributed by atoms with E-state index in [2.05, 4.69) is 16.4 Å². The fraction of sp³-hybridized carbons (Fsp3) is 0.0500. The summed E-state index contributed by atoms with van der Waals surface area (Å²) < 4.78 is 5.22. The number of hydrogen-bond donors (Lipinski definition) is 3. The Labute approximate surface area is 151 Å². The molecule has 1 aromatic heterocycles. The Bertz CT molecular complexity index is 993. The van der Waals surface area contributed by atoms with Crippen molar-refractivity contribution in [3.63, 3.8) is 0 Å². The summed E-state index contributed by atoms with van der Waals surface area (Å²) in [6, 6.07) is 16.2. The molecule has 0 bridgehead atoms. The minimum Gasteiger partial charge on any atom is -0.497 e. The second-order valence-corrected chi connectivity index (χ2v) is 5.56. The number of nitrogen functional groups attached to an aromatic ring is 1. The molecule has 6 nitrogen and oxygen atoms in total. The highest BCUT2D eigenvalue weighted by Gasteiger charge is 2.11. The van der Waals surface area contributed by atoms with E-state index in [1.54, 1.807) is 68.0 Å². The Morgan fingerprint density at radius 3 is 2.62 bits per heavy atom. The smallest absolute Gasteiger partial charge is 0.121 e. The van der Waals surface area contributed by atoms with Crippen molar-refractivity contribution in [2.45, 2.75) is 0 Å². The number of rotatable bonds is 5. The van der Waals surface area contributed by atoms with Crippen LogP contribution in [0.4, 0.5) is 17.1 Å². The molecular weight excluding hydrogens is 326 g/mol. The number of pyridine rings is 1. The molecular formula is C20H17N5O. The molecule has 128 valence electrons. The molecule has 1 heterocycles. The number of aromatic nitrogens is 1. The van der Waals surface area contributed by atoms with Crippen LogP contribution in [0.1, 0.15) is 16.7 Å². The summed E-state index contributed by atoms with van der Waals surface area (Å²) >= 11 is 0. The monoisotopic (exact) mass is 343 g/mol. The third-order valence-corrected chi connectivity index (χ3v) is 3.92. The fourth-order valence-corrected chi connectivity index (χ4v) is 2.53. The molecule has 3 aromatic rings. The first-order valence-electron chi connectivity index (χ1n) is 7.86. The summed E-state index contributed by atoms with van der Waals surface area (Å²) in [6.07, 6.45) is 3.27. The van der Waals surface area contributed by atoms with Crippen LogP contribution in [0.15, 0.2) is 60.9 Å². The molecule has 2 aromatic carbocycles. The van der Waals surface area contributed by atoms with Crippen LogP contribution >= 0.6 is 0 Å². The number of hydrogen-bond acceptors (Lipinski definition) is 6. The van der Waals surface area contributed by atoms with E-state index in [1.807, 2.05) is 0 Å². The van der Waals surface area contributed by atoms with Crippen molar-refractivity contribution in [2.24, 2.45) is 0 Å². The molecule has 0 atom stereocenters. The first-order chi connectivity index (χ1) is 12.6. The van der Waals surface area contributed by atoms with Gasteiger partial charge in [0.1, 0.15) is 11.8 Å². The van der Waals surface area contributed by atoms with Crippen LogP contribution < -0.4 is 15.8 Å². The summed E-state index contributed by atoms with van der Waals surface area (Å²) in [5.74, 6) is 0.645. The second-order valence-electron chi connectivity index (χ2n) is 5.56. The molecule has 0 unspecified atom stereocenters. The SMILES string of the molecule is COc1ccc(C#N)c(Nc2ccc(N)c(C(=N)c3ccncc3)c2)c1. The fourth-order valence-electron chi connectivity index (χ4n) is 2.53. The zero-order valence-electron chi connectivity index (χ0n) is 14.2. The zero-order chi connectivity index (χ0) is 18.5. The van der Waals surface area contributed by atoms with Gasteiger partial charge in [-0.25, -0.2) is 0 Å². The van der Waals surface area contributed by atoms with Gasteiger partial charge in [-0.1, -0.05) is 0 Å². The van der Waals surface area contributed by atoms with Gasteiger partial charge in [-0.15, -0.1) is 0 Å². The van der Waals surface area contributed by atoms with Gasteiger partial charge in [-0.3, -0.25) is 10.4 Å². The maximum Gasteiger partial charge on any atom is 0.121 e. The van der Waals surface area contributed by atoms with Gasteiger partial charge in [0.25, 0.3) is 0 Å². The average Bonchev–Trinajstić information content (AvgIpc) is 2.69. The lowest BCUT2D eigenvalue weighted by Crippen LogP contribution is -2.06. The zero-order valence-corrected chi connectivity index (χ0v) is 14.2. The van der Waals surface area contributed by atoms with E-state index < -0.39 is 0 Å². The summed E-state index contributed by atoms with van der Waals surface area (Å²) in [5, 5.41) is 20.9. The van der Waals surface area contributed by atoms with E-state index in [9.17, 15) is 5.26 Å². The molecule has 0 aliphatic carbocycles. The maximum atomic E-state index is 9.30. The first kappa shape index (κ1) is 17.0. The van der Waals surface area contributed by atoms with Crippen molar-refractivity contribution in [3.05, 3.63) is 77.6 Å². The Morgan fingerprint density at radius 1 is 1.15 bits per heavy atom. The summed E-state index contributed by atoms with van der Waals surface area (Å²) in [5.41, 5.74) is 10.0. The van der Waals surface area contributed by atoms with E-state index in [0.717, 1.165) is 11.3 Å². The van der Waals surface area contributed by atoms with Crippen LogP contribution in [0, 0.1) is 16.7 Å². The summed E-state index contributed by atoms with van der Waals surface area (Å²) in [7, 11) is 1.57. The Balaban J connectivity index is 1.96. The minimum absolute atomic E-state index is 0.305. The van der Waals surface area contributed by atoms with Gasteiger partial charge >= 0.3 is 0 Å². The van der Waals surface area contributed by atoms with E-state index in [4.69, 9.17) is 15.9 Å². The number of nitrogens with one attached hydrogen (secondary N) is 2. The molecule has 26 heavy (non-hydrogen) atoms. The largest absolute Gasteiger partial charge is 0.497 e. The predicted molar refractivity (Wildman–Crippen MR) is 102 cm³/mol. The summed E-state index contributed by atoms with van der Waals surface area (Å²) in [4.78, 5) is 3.97. The normalized spacial score (nSPS) is 10.0. The van der Waals surface area contributed by atoms with Gasteiger partial charge in [0.2, 0.25) is 0 Å². The van der Waals surface area contributed by atoms with Crippen LogP contribution in [0.2, 0.25) is 0 Å². The molecule has 6 heteroatoms. The molecule has 0 saturated carbocycles. The molecule has 0 radical (unpaired) electrons. The minimum atomic E-state index is 0.305. The Morgan fingerprint density at radius 2 is 1.92 bits per heavy atom. The lowest BCUT2D eigenvalue weighted by atomic mass is 10.0. The van der Waals surface area contributed by atoms with Crippen molar-refractivity contribution in [1.82, 2.24) is 4.98 Å². The first-order valence-corrected chi connectivity index (χ1v) is 7.86. The molecule has 0 saturated heterocycles. The van der Waals surface area contributed by atoms with E-state index >= 15 is 0 Å². The van der Waals surface area contributed by atoms with Gasteiger partial charge in [0.15, 0.2) is 0 Å². The maximum absolute atomic E-state index is 9.30. The highest BCUT2D eigenvalue weighted by molar-refractivity contribution is 6.14. The van der Waals surface area contributed by atoms with E-state index in [1.165, 1.54) is 0 Å². The Kier molecular flexibility index (Phi) is 4.81. The predicted octanol–water partition coefficient (Wildman–Crippen LogP) is 3.70. The lowest BCUT2D eigenvalue weighted by molar-refractivity contribution is 0.415. The number of benzene rings is 2. The molecule has 0 aliphatic heterocycles. The van der Waals surface area contributed by atoms with Crippen molar-refractivity contribution in [2.75, 3.05) is 18.2 Å². The van der Waals surface area contributed by atoms with Gasteiger partial charge < -0.3 is 15.8 Å². The molecule has 0 spiro atoms. The second kappa shape index (κ2) is 7.36. The van der Waals surface area contributed by atoms with E-state index in [0.29, 0.717) is 34.0 Å². The number of nitrogens with zero attached hydrogens (tertiary/aromatic N) is 2. The molecule has 0 fully saturated rings. The highest BCUT2D eigenvalue weighted by Crippen LogP contribution is 2.28. The van der Waals surface area contributed by atoms with Gasteiger partial charge in [-0.2, -0.15) is 5.26 Å². The van der Waals surface area contributed by atoms with Crippen molar-refractivity contribution >= 4 is 22.8 Å². The van der Waals surface area contributed by atoms with Gasteiger partial charge in [-0.05, 0) is 42.5 Å². The number of nitriles is 1. The number of ether oxygens (including phenoxy) is 1. The Hall–Kier alpha value is -3.85. The van der Waals surface area contributed by atoms with Crippen molar-refractivity contribution < 1.29 is 4.74 Å². The number of methoxy groups -OCH3 is 1. The molecule has 0 amide bonds.